The molecule has 1 aromatic rings. The summed E-state index contributed by atoms with van der Waals surface area (Å²) in [6, 6.07) is 0. The normalized spacial score (nSPS) is 13.2. The van der Waals surface area contributed by atoms with Crippen molar-refractivity contribution in [2.75, 3.05) is 7.11 Å². The molecule has 1 atom stereocenters. The van der Waals surface area contributed by atoms with Gasteiger partial charge in [-0.1, -0.05) is 0 Å². The van der Waals surface area contributed by atoms with E-state index in [9.17, 15) is 0 Å². The van der Waals surface area contributed by atoms with E-state index in [1.165, 1.54) is 0 Å². The third kappa shape index (κ3) is 2.28. The van der Waals surface area contributed by atoms with Crippen LogP contribution in [0.25, 0.3) is 0 Å². The second-order valence-corrected chi connectivity index (χ2v) is 2.63. The van der Waals surface area contributed by atoms with Gasteiger partial charge in [0.25, 0.3) is 0 Å². The molecule has 0 aromatic carbocycles. The van der Waals surface area contributed by atoms with E-state index < -0.39 is 0 Å². The third-order valence-corrected chi connectivity index (χ3v) is 1.61. The lowest BCUT2D eigenvalue weighted by molar-refractivity contribution is 0.0996. The smallest absolute Gasteiger partial charge is 0.164 e. The maximum atomic E-state index is 5.36. The van der Waals surface area contributed by atoms with E-state index in [2.05, 4.69) is 10.1 Å². The summed E-state index contributed by atoms with van der Waals surface area (Å²) in [6.07, 6.45) is 1.81. The monoisotopic (exact) mass is 170 g/mol. The summed E-state index contributed by atoms with van der Waals surface area (Å²) >= 11 is 0. The van der Waals surface area contributed by atoms with E-state index in [0.29, 0.717) is 18.9 Å². The molecule has 1 heterocycles. The second-order valence-electron chi connectivity index (χ2n) is 2.63. The Morgan fingerprint density at radius 3 is 3.00 bits per heavy atom. The van der Waals surface area contributed by atoms with E-state index in [-0.39, 0.29) is 6.10 Å². The number of aromatic nitrogens is 3. The minimum Gasteiger partial charge on any atom is -0.380 e. The average Bonchev–Trinajstić information content (AvgIpc) is 2.52. The number of nitrogens with two attached hydrogens (primary N) is 1. The van der Waals surface area contributed by atoms with Crippen molar-refractivity contribution in [2.45, 2.75) is 26.1 Å². The fourth-order valence-electron chi connectivity index (χ4n) is 0.853. The summed E-state index contributed by atoms with van der Waals surface area (Å²) in [7, 11) is 1.67. The summed E-state index contributed by atoms with van der Waals surface area (Å²) in [4.78, 5) is 3.99. The van der Waals surface area contributed by atoms with Crippen molar-refractivity contribution in [1.82, 2.24) is 14.8 Å². The molecule has 5 nitrogen and oxygen atoms in total. The minimum absolute atomic E-state index is 0.150. The van der Waals surface area contributed by atoms with Crippen LogP contribution in [0.4, 0.5) is 0 Å². The highest BCUT2D eigenvalue weighted by molar-refractivity contribution is 4.79. The van der Waals surface area contributed by atoms with Crippen molar-refractivity contribution in [3.63, 3.8) is 0 Å². The van der Waals surface area contributed by atoms with Crippen LogP contribution in [0.2, 0.25) is 0 Å². The van der Waals surface area contributed by atoms with Crippen molar-refractivity contribution < 1.29 is 4.74 Å². The number of hydrogen-bond acceptors (Lipinski definition) is 4. The summed E-state index contributed by atoms with van der Waals surface area (Å²) in [5.41, 5.74) is 5.36. The molecule has 2 N–H and O–H groups in total. The fourth-order valence-corrected chi connectivity index (χ4v) is 0.853. The molecule has 0 aliphatic rings. The van der Waals surface area contributed by atoms with Gasteiger partial charge in [0.1, 0.15) is 6.33 Å². The van der Waals surface area contributed by atoms with E-state index in [0.717, 1.165) is 0 Å². The van der Waals surface area contributed by atoms with Crippen LogP contribution in [-0.2, 0) is 17.8 Å². The van der Waals surface area contributed by atoms with Crippen LogP contribution in [0.1, 0.15) is 12.7 Å². The van der Waals surface area contributed by atoms with Gasteiger partial charge in [-0.15, -0.1) is 0 Å². The Labute approximate surface area is 71.5 Å². The SMILES string of the molecule is COC(C)Cn1cnc(CN)n1. The Morgan fingerprint density at radius 1 is 1.75 bits per heavy atom. The van der Waals surface area contributed by atoms with Crippen LogP contribution < -0.4 is 5.73 Å². The standard InChI is InChI=1S/C7H14N4O/c1-6(12-2)4-11-5-9-7(3-8)10-11/h5-6H,3-4,8H2,1-2H3. The Balaban J connectivity index is 2.52. The van der Waals surface area contributed by atoms with Crippen molar-refractivity contribution in [3.05, 3.63) is 12.2 Å². The number of rotatable bonds is 4. The Kier molecular flexibility index (Phi) is 3.19. The van der Waals surface area contributed by atoms with E-state index in [4.69, 9.17) is 10.5 Å². The molecule has 0 aliphatic carbocycles. The molecule has 0 amide bonds. The van der Waals surface area contributed by atoms with Gasteiger partial charge in [0.2, 0.25) is 0 Å². The van der Waals surface area contributed by atoms with Crippen molar-refractivity contribution in [2.24, 2.45) is 5.73 Å². The maximum Gasteiger partial charge on any atom is 0.164 e. The predicted octanol–water partition coefficient (Wildman–Crippen LogP) is -0.228. The molecule has 0 spiro atoms. The first kappa shape index (κ1) is 9.15. The lowest BCUT2D eigenvalue weighted by Crippen LogP contribution is -2.15. The first-order valence-corrected chi connectivity index (χ1v) is 3.87. The van der Waals surface area contributed by atoms with Gasteiger partial charge in [0.15, 0.2) is 5.82 Å². The number of methoxy groups -OCH3 is 1. The lowest BCUT2D eigenvalue weighted by Gasteiger charge is -2.07. The van der Waals surface area contributed by atoms with Gasteiger partial charge in [-0.25, -0.2) is 4.98 Å². The molecular formula is C7H14N4O. The van der Waals surface area contributed by atoms with E-state index in [1.54, 1.807) is 18.1 Å². The van der Waals surface area contributed by atoms with Crippen LogP contribution in [0, 0.1) is 0 Å². The molecule has 68 valence electrons. The van der Waals surface area contributed by atoms with Crippen molar-refractivity contribution >= 4 is 0 Å². The number of hydrogen-bond donors (Lipinski definition) is 1. The number of nitrogens with zero attached hydrogens (tertiary/aromatic N) is 3. The van der Waals surface area contributed by atoms with Crippen LogP contribution >= 0.6 is 0 Å². The van der Waals surface area contributed by atoms with Gasteiger partial charge >= 0.3 is 0 Å². The highest BCUT2D eigenvalue weighted by Gasteiger charge is 2.02. The van der Waals surface area contributed by atoms with Gasteiger partial charge in [-0.05, 0) is 6.92 Å². The van der Waals surface area contributed by atoms with Crippen LogP contribution in [-0.4, -0.2) is 28.0 Å². The zero-order valence-corrected chi connectivity index (χ0v) is 7.40. The van der Waals surface area contributed by atoms with Crippen molar-refractivity contribution in [1.29, 1.82) is 0 Å². The van der Waals surface area contributed by atoms with Crippen LogP contribution in [0.5, 0.6) is 0 Å². The topological polar surface area (TPSA) is 66.0 Å². The zero-order valence-electron chi connectivity index (χ0n) is 7.40. The Hall–Kier alpha value is -0.940. The summed E-state index contributed by atoms with van der Waals surface area (Å²) < 4.78 is 6.81. The minimum atomic E-state index is 0.150. The van der Waals surface area contributed by atoms with Gasteiger partial charge in [-0.3, -0.25) is 4.68 Å². The van der Waals surface area contributed by atoms with Crippen LogP contribution in [0.3, 0.4) is 0 Å². The lowest BCUT2D eigenvalue weighted by atomic mass is 10.4. The number of ether oxygens (including phenoxy) is 1. The highest BCUT2D eigenvalue weighted by atomic mass is 16.5. The Morgan fingerprint density at radius 2 is 2.50 bits per heavy atom. The molecule has 0 saturated heterocycles. The second kappa shape index (κ2) is 4.18. The van der Waals surface area contributed by atoms with Gasteiger partial charge in [0, 0.05) is 7.11 Å². The van der Waals surface area contributed by atoms with E-state index >= 15 is 0 Å². The summed E-state index contributed by atoms with van der Waals surface area (Å²) in [5.74, 6) is 0.665. The predicted molar refractivity (Wildman–Crippen MR) is 44.4 cm³/mol. The highest BCUT2D eigenvalue weighted by Crippen LogP contribution is 1.94. The molecule has 5 heteroatoms. The molecule has 0 bridgehead atoms. The average molecular weight is 170 g/mol. The molecule has 1 unspecified atom stereocenters. The van der Waals surface area contributed by atoms with Gasteiger partial charge in [-0.2, -0.15) is 5.10 Å². The third-order valence-electron chi connectivity index (χ3n) is 1.61. The molecule has 1 aromatic heterocycles. The van der Waals surface area contributed by atoms with Crippen LogP contribution in [0.15, 0.2) is 6.33 Å². The van der Waals surface area contributed by atoms with Crippen molar-refractivity contribution in [3.8, 4) is 0 Å². The first-order chi connectivity index (χ1) is 5.76. The molecule has 0 radical (unpaired) electrons. The molecule has 0 saturated carbocycles. The van der Waals surface area contributed by atoms with Gasteiger partial charge in [0.05, 0.1) is 19.2 Å². The van der Waals surface area contributed by atoms with E-state index in [1.807, 2.05) is 6.92 Å². The zero-order chi connectivity index (χ0) is 8.97. The molecule has 0 fully saturated rings. The first-order valence-electron chi connectivity index (χ1n) is 3.87. The Bertz CT molecular complexity index is 235. The largest absolute Gasteiger partial charge is 0.380 e. The van der Waals surface area contributed by atoms with Gasteiger partial charge < -0.3 is 10.5 Å². The molecular weight excluding hydrogens is 156 g/mol. The maximum absolute atomic E-state index is 5.36. The molecule has 0 aliphatic heterocycles. The quantitative estimate of drug-likeness (QED) is 0.678. The molecule has 12 heavy (non-hydrogen) atoms. The summed E-state index contributed by atoms with van der Waals surface area (Å²) in [6.45, 7) is 3.07. The fraction of sp³-hybridized carbons (Fsp3) is 0.714. The summed E-state index contributed by atoms with van der Waals surface area (Å²) in [5, 5.41) is 4.12. The molecule has 1 rings (SSSR count).